The molecule has 2 fully saturated rings. The second-order valence-electron chi connectivity index (χ2n) is 4.72. The molecule has 0 aliphatic carbocycles. The molecule has 7 nitrogen and oxygen atoms in total. The summed E-state index contributed by atoms with van der Waals surface area (Å²) in [5, 5.41) is 8.86. The van der Waals surface area contributed by atoms with Crippen LogP contribution in [0.1, 0.15) is 6.92 Å². The number of carboxylic acids is 1. The van der Waals surface area contributed by atoms with Crippen LogP contribution >= 0.6 is 0 Å². The number of carboxylic acid groups (broad SMARTS) is 1. The summed E-state index contributed by atoms with van der Waals surface area (Å²) in [6.45, 7) is 3.80. The fourth-order valence-corrected chi connectivity index (χ4v) is 3.81. The average molecular weight is 278 g/mol. The van der Waals surface area contributed by atoms with Crippen molar-refractivity contribution < 1.29 is 23.1 Å². The molecular weight excluding hydrogens is 260 g/mol. The molecule has 1 unspecified atom stereocenters. The van der Waals surface area contributed by atoms with Crippen molar-refractivity contribution in [2.24, 2.45) is 11.8 Å². The Balaban J connectivity index is 1.92. The number of ether oxygens (including phenoxy) is 1. The van der Waals surface area contributed by atoms with Crippen molar-refractivity contribution in [1.82, 2.24) is 8.61 Å². The third-order valence-electron chi connectivity index (χ3n) is 3.60. The molecule has 1 N–H and O–H groups in total. The normalized spacial score (nSPS) is 25.6. The van der Waals surface area contributed by atoms with Gasteiger partial charge in [0.1, 0.15) is 0 Å². The minimum atomic E-state index is -3.42. The van der Waals surface area contributed by atoms with Crippen molar-refractivity contribution in [2.75, 3.05) is 39.4 Å². The molecule has 2 aliphatic heterocycles. The zero-order chi connectivity index (χ0) is 13.3. The van der Waals surface area contributed by atoms with Gasteiger partial charge in [0.05, 0.1) is 19.1 Å². The van der Waals surface area contributed by atoms with Gasteiger partial charge in [-0.15, -0.1) is 0 Å². The van der Waals surface area contributed by atoms with Gasteiger partial charge in [-0.3, -0.25) is 4.79 Å². The first-order valence-corrected chi connectivity index (χ1v) is 7.38. The summed E-state index contributed by atoms with van der Waals surface area (Å²) in [7, 11) is -3.42. The van der Waals surface area contributed by atoms with Crippen LogP contribution in [0, 0.1) is 11.8 Å². The highest BCUT2D eigenvalue weighted by molar-refractivity contribution is 7.86. The van der Waals surface area contributed by atoms with Crippen molar-refractivity contribution >= 4 is 16.2 Å². The number of hydrogen-bond donors (Lipinski definition) is 1. The Hall–Kier alpha value is -0.700. The zero-order valence-corrected chi connectivity index (χ0v) is 11.1. The van der Waals surface area contributed by atoms with Gasteiger partial charge < -0.3 is 9.84 Å². The van der Waals surface area contributed by atoms with Gasteiger partial charge in [-0.05, 0) is 5.92 Å². The van der Waals surface area contributed by atoms with Crippen LogP contribution in [0.25, 0.3) is 0 Å². The first kappa shape index (κ1) is 13.7. The lowest BCUT2D eigenvalue weighted by Gasteiger charge is -2.42. The highest BCUT2D eigenvalue weighted by Crippen LogP contribution is 2.28. The highest BCUT2D eigenvalue weighted by atomic mass is 32.2. The fraction of sp³-hybridized carbons (Fsp3) is 0.900. The summed E-state index contributed by atoms with van der Waals surface area (Å²) in [6.07, 6.45) is 0. The molecule has 104 valence electrons. The summed E-state index contributed by atoms with van der Waals surface area (Å²) in [6, 6.07) is 0. The van der Waals surface area contributed by atoms with E-state index >= 15 is 0 Å². The second-order valence-corrected chi connectivity index (χ2v) is 6.65. The minimum Gasteiger partial charge on any atom is -0.481 e. The predicted octanol–water partition coefficient (Wildman–Crippen LogP) is -0.784. The van der Waals surface area contributed by atoms with Crippen molar-refractivity contribution in [3.63, 3.8) is 0 Å². The summed E-state index contributed by atoms with van der Waals surface area (Å²) in [5.74, 6) is -1.46. The summed E-state index contributed by atoms with van der Waals surface area (Å²) >= 11 is 0. The van der Waals surface area contributed by atoms with E-state index in [9.17, 15) is 13.2 Å². The molecule has 18 heavy (non-hydrogen) atoms. The largest absolute Gasteiger partial charge is 0.481 e. The number of morpholine rings is 1. The number of nitrogens with zero attached hydrogens (tertiary/aromatic N) is 2. The molecule has 0 spiro atoms. The summed E-state index contributed by atoms with van der Waals surface area (Å²) < 4.78 is 32.2. The van der Waals surface area contributed by atoms with Gasteiger partial charge in [-0.1, -0.05) is 6.92 Å². The molecule has 1 atom stereocenters. The molecule has 0 aromatic heterocycles. The molecular formula is C10H18N2O5S. The van der Waals surface area contributed by atoms with Gasteiger partial charge in [0.15, 0.2) is 0 Å². The molecule has 0 bridgehead atoms. The minimum absolute atomic E-state index is 0.0849. The predicted molar refractivity (Wildman–Crippen MR) is 63.2 cm³/mol. The van der Waals surface area contributed by atoms with Gasteiger partial charge in [0.2, 0.25) is 0 Å². The first-order chi connectivity index (χ1) is 8.43. The van der Waals surface area contributed by atoms with E-state index in [0.717, 1.165) is 0 Å². The zero-order valence-electron chi connectivity index (χ0n) is 10.3. The third-order valence-corrected chi connectivity index (χ3v) is 5.56. The van der Waals surface area contributed by atoms with Crippen LogP contribution in [0.5, 0.6) is 0 Å². The molecule has 0 aromatic carbocycles. The molecule has 2 saturated heterocycles. The quantitative estimate of drug-likeness (QED) is 0.728. The number of aliphatic carboxylic acids is 1. The molecule has 2 heterocycles. The van der Waals surface area contributed by atoms with E-state index in [-0.39, 0.29) is 5.92 Å². The molecule has 2 aliphatic rings. The Morgan fingerprint density at radius 3 is 2.33 bits per heavy atom. The maximum Gasteiger partial charge on any atom is 0.306 e. The smallest absolute Gasteiger partial charge is 0.306 e. The van der Waals surface area contributed by atoms with E-state index in [1.807, 2.05) is 0 Å². The standard InChI is InChI=1S/C10H18N2O5S/c1-8(10(13)14)9-6-12(7-9)18(15,16)11-2-4-17-5-3-11/h8-9H,2-7H2,1H3,(H,13,14). The Bertz CT molecular complexity index is 412. The van der Waals surface area contributed by atoms with Crippen LogP contribution in [0.15, 0.2) is 0 Å². The molecule has 0 amide bonds. The van der Waals surface area contributed by atoms with E-state index < -0.39 is 22.1 Å². The van der Waals surface area contributed by atoms with Crippen molar-refractivity contribution in [3.8, 4) is 0 Å². The van der Waals surface area contributed by atoms with Gasteiger partial charge in [-0.25, -0.2) is 0 Å². The van der Waals surface area contributed by atoms with Crippen LogP contribution in [0.3, 0.4) is 0 Å². The highest BCUT2D eigenvalue weighted by Gasteiger charge is 2.43. The number of hydrogen-bond acceptors (Lipinski definition) is 4. The lowest BCUT2D eigenvalue weighted by atomic mass is 9.89. The molecule has 0 radical (unpaired) electrons. The van der Waals surface area contributed by atoms with Gasteiger partial charge >= 0.3 is 5.97 Å². The van der Waals surface area contributed by atoms with Crippen LogP contribution in [-0.4, -0.2) is 67.5 Å². The van der Waals surface area contributed by atoms with Crippen molar-refractivity contribution in [1.29, 1.82) is 0 Å². The average Bonchev–Trinajstić information content (AvgIpc) is 2.27. The Labute approximate surface area is 106 Å². The van der Waals surface area contributed by atoms with E-state index in [1.165, 1.54) is 8.61 Å². The Kier molecular flexibility index (Phi) is 3.90. The van der Waals surface area contributed by atoms with Crippen molar-refractivity contribution in [3.05, 3.63) is 0 Å². The maximum absolute atomic E-state index is 12.2. The van der Waals surface area contributed by atoms with Gasteiger partial charge in [-0.2, -0.15) is 17.0 Å². The monoisotopic (exact) mass is 278 g/mol. The lowest BCUT2D eigenvalue weighted by molar-refractivity contribution is -0.144. The molecule has 2 rings (SSSR count). The molecule has 0 saturated carbocycles. The topological polar surface area (TPSA) is 87.2 Å². The van der Waals surface area contributed by atoms with Crippen LogP contribution in [-0.2, 0) is 19.7 Å². The summed E-state index contributed by atoms with van der Waals surface area (Å²) in [4.78, 5) is 10.8. The second kappa shape index (κ2) is 5.12. The van der Waals surface area contributed by atoms with Crippen LogP contribution < -0.4 is 0 Å². The van der Waals surface area contributed by atoms with Crippen LogP contribution in [0.2, 0.25) is 0 Å². The Morgan fingerprint density at radius 1 is 1.28 bits per heavy atom. The number of rotatable bonds is 4. The van der Waals surface area contributed by atoms with Crippen molar-refractivity contribution in [2.45, 2.75) is 6.92 Å². The Morgan fingerprint density at radius 2 is 1.83 bits per heavy atom. The van der Waals surface area contributed by atoms with E-state index in [1.54, 1.807) is 6.92 Å². The van der Waals surface area contributed by atoms with E-state index in [2.05, 4.69) is 0 Å². The fourth-order valence-electron chi connectivity index (χ4n) is 2.12. The third kappa shape index (κ3) is 2.51. The van der Waals surface area contributed by atoms with Gasteiger partial charge in [0, 0.05) is 26.2 Å². The molecule has 0 aromatic rings. The van der Waals surface area contributed by atoms with Crippen LogP contribution in [0.4, 0.5) is 0 Å². The SMILES string of the molecule is CC(C(=O)O)C1CN(S(=O)(=O)N2CCOCC2)C1. The lowest BCUT2D eigenvalue weighted by Crippen LogP contribution is -2.58. The maximum atomic E-state index is 12.2. The summed E-state index contributed by atoms with van der Waals surface area (Å²) in [5.41, 5.74) is 0. The van der Waals surface area contributed by atoms with E-state index in [4.69, 9.17) is 9.84 Å². The van der Waals surface area contributed by atoms with E-state index in [0.29, 0.717) is 39.4 Å². The van der Waals surface area contributed by atoms with Gasteiger partial charge in [0.25, 0.3) is 10.2 Å². The number of carbonyl (C=O) groups is 1. The first-order valence-electron chi connectivity index (χ1n) is 5.98. The molecule has 8 heteroatoms.